The van der Waals surface area contributed by atoms with E-state index in [2.05, 4.69) is 136 Å². The van der Waals surface area contributed by atoms with Crippen LogP contribution in [0.15, 0.2) is 323 Å². The normalized spacial score (nSPS) is 16.0. The number of likely N-dealkylation sites (N-methyl/N-ethyl adjacent to an activating group) is 2. The van der Waals surface area contributed by atoms with E-state index in [1.54, 1.807) is 69.7 Å². The molecule has 0 aliphatic carbocycles. The van der Waals surface area contributed by atoms with E-state index in [1.807, 2.05) is 271 Å². The van der Waals surface area contributed by atoms with Gasteiger partial charge in [0.25, 0.3) is 23.6 Å². The molecule has 2 saturated heterocycles. The van der Waals surface area contributed by atoms with Crippen LogP contribution in [0.2, 0.25) is 0 Å². The molecule has 124 heavy (non-hydrogen) atoms. The molecular formula is C96H92BBr7MgN9O9S. The summed E-state index contributed by atoms with van der Waals surface area (Å²) in [6.45, 7) is 11.9. The van der Waals surface area contributed by atoms with E-state index in [1.165, 1.54) is 27.5 Å². The summed E-state index contributed by atoms with van der Waals surface area (Å²) in [4.78, 5) is 97.8. The number of benzene rings is 12. The van der Waals surface area contributed by atoms with Crippen LogP contribution in [0.25, 0.3) is 0 Å². The Bertz CT molecular complexity index is 5620. The minimum Gasteiger partial charge on any atom is -1.00 e. The number of imide groups is 1. The summed E-state index contributed by atoms with van der Waals surface area (Å²) >= 11 is 25.7. The van der Waals surface area contributed by atoms with Gasteiger partial charge in [-0.25, -0.2) is 19.6 Å². The third-order valence-electron chi connectivity index (χ3n) is 19.4. The van der Waals surface area contributed by atoms with E-state index in [0.717, 1.165) is 88.0 Å². The second kappa shape index (κ2) is 47.8. The number of carbonyl (C=O) groups excluding carboxylic acids is 6. The second-order valence-electron chi connectivity index (χ2n) is 28.2. The number of amides is 6. The first-order chi connectivity index (χ1) is 57.1. The molecule has 6 amide bonds. The fraction of sp³-hybridized carbons (Fsp3) is 0.156. The van der Waals surface area contributed by atoms with Crippen molar-refractivity contribution >= 4 is 192 Å². The summed E-state index contributed by atoms with van der Waals surface area (Å²) in [6, 6.07) is 93.1. The van der Waals surface area contributed by atoms with Crippen molar-refractivity contribution in [1.82, 2.24) is 30.8 Å². The molecule has 28 heteroatoms. The molecule has 12 aromatic carbocycles. The van der Waals surface area contributed by atoms with Gasteiger partial charge in [0.15, 0.2) is 39.0 Å². The molecule has 0 spiro atoms. The van der Waals surface area contributed by atoms with Gasteiger partial charge in [-0.1, -0.05) is 320 Å². The largest absolute Gasteiger partial charge is 2.00 e. The van der Waals surface area contributed by atoms with Gasteiger partial charge in [0.2, 0.25) is 0 Å². The predicted octanol–water partition coefficient (Wildman–Crippen LogP) is 17.0. The molecule has 3 radical (unpaired) electrons. The van der Waals surface area contributed by atoms with Crippen molar-refractivity contribution in [3.63, 3.8) is 0 Å². The second-order valence-corrected chi connectivity index (χ2v) is 34.0. The number of aryl methyl sites for hydroxylation is 6. The molecule has 18 nitrogen and oxygen atoms in total. The maximum atomic E-state index is 13.0. The Morgan fingerprint density at radius 1 is 0.492 bits per heavy atom. The number of halogens is 7. The van der Waals surface area contributed by atoms with Crippen LogP contribution in [0.5, 0.6) is 0 Å². The molecule has 2 fully saturated rings. The maximum Gasteiger partial charge on any atom is 2.00 e. The number of nitrogens with zero attached hydrogens (tertiary/aromatic N) is 4. The van der Waals surface area contributed by atoms with Crippen molar-refractivity contribution in [2.45, 2.75) is 71.1 Å². The number of carboxylic acid groups (broad SMARTS) is 1. The van der Waals surface area contributed by atoms with Crippen molar-refractivity contribution in [3.8, 4) is 0 Å². The summed E-state index contributed by atoms with van der Waals surface area (Å²) in [7, 11) is 6.38. The Labute approximate surface area is 810 Å². The summed E-state index contributed by atoms with van der Waals surface area (Å²) in [5.41, 5.74) is 21.8. The molecule has 15 rings (SSSR count). The van der Waals surface area contributed by atoms with Gasteiger partial charge in [0.1, 0.15) is 0 Å². The monoisotopic (exact) mass is 2140 g/mol. The van der Waals surface area contributed by atoms with Crippen LogP contribution < -0.4 is 44.4 Å². The standard InChI is InChI=1S/C17H16BrN3O.C17H15BrN2OS.C16H13BrN2O2.C15H14BrNO2.C14H11BrO.C9H10BrNO2.C7H7.CH4.B.BrH.Mg.H2/c1-11-5-3-6-12(9-11)17(13-7-4-8-14(18)10-13)15(22)21(2)16(19)20-17;1-11-5-3-6-12(9-11)17(13-7-4-8-14(18)10-13)15(21)20(2)16(22)19-17;1-10-4-2-5-11(8-10)16(14(20)18-15(21)19-16)12-6-3-7-13(17)9-12;1-10-4-2-5-11(8-10)15(17,14(18)19)12-6-3-7-13(16)9-12;1-10-4-2-5-11(8-10)14(16)12-6-3-7-13(15)9-12;1-11(13-2)9(12)7-4-3-5-8(10)6-7;1-7-5-3-2-4-6-7;;;;;/h3-10H,1-2H3,(H2,19,20);3-10H,1-2H3,(H,19,22);2-9H,1H3,(H2,18,19,20,21);2-9H,17H2,1H3,(H,18,19);2-9H,1H3;3-6H,1-2H3;2-3,5-6H,1H3;1H4;;1H;;1H/q;;;;;;-1;;;;+2;/p-1/i;;;;;;;;;;;1+1. The van der Waals surface area contributed by atoms with Crippen LogP contribution in [0.3, 0.4) is 0 Å². The molecule has 4 unspecified atom stereocenters. The van der Waals surface area contributed by atoms with Gasteiger partial charge in [0, 0.05) is 74.5 Å². The first-order valence-electron chi connectivity index (χ1n) is 37.2. The Kier molecular flexibility index (Phi) is 40.5. The fourth-order valence-corrected chi connectivity index (χ4v) is 15.8. The number of nitrogens with one attached hydrogen (secondary N) is 3. The zero-order chi connectivity index (χ0) is 87.4. The Morgan fingerprint density at radius 2 is 0.855 bits per heavy atom. The van der Waals surface area contributed by atoms with Crippen LogP contribution in [-0.2, 0) is 46.2 Å². The first-order valence-corrected chi connectivity index (χ1v) is 42.3. The molecule has 0 bridgehead atoms. The van der Waals surface area contributed by atoms with E-state index < -0.39 is 34.2 Å². The molecule has 635 valence electrons. The number of carbonyl (C=O) groups is 7. The summed E-state index contributed by atoms with van der Waals surface area (Å²) < 4.78 is 5.27. The van der Waals surface area contributed by atoms with E-state index >= 15 is 0 Å². The molecule has 12 aromatic rings. The molecule has 0 saturated carbocycles. The average Bonchev–Trinajstić information content (AvgIpc) is 1.61. The molecule has 3 heterocycles. The van der Waals surface area contributed by atoms with Gasteiger partial charge < -0.3 is 44.2 Å². The SMILES string of the molecule is C.CON(C)C(=O)c1cccc(Br)c1.Cc1c[c-]ccc1.Cc1cccc(C(=O)c2cccc(Br)c2)c1.Cc1cccc(C(N)(C(=O)O)c2cccc(Br)c2)c1.Cc1cccc(C2(c3cccc(Br)c3)N=C(N)N(C)C2=O)c1.Cc1cccc(C2(c3cccc(Br)c3)NC(=O)NC2=O)c1.Cc1cccc(C2(c3cccc(Br)c3)NC(=S)N(C)C2=O)c1.[2HH].[B].[Br-].[Mg+2]. The van der Waals surface area contributed by atoms with Gasteiger partial charge in [-0.05, 0) is 176 Å². The van der Waals surface area contributed by atoms with E-state index in [4.69, 9.17) is 28.5 Å². The van der Waals surface area contributed by atoms with Crippen LogP contribution >= 0.6 is 108 Å². The Hall–Kier alpha value is -9.40. The van der Waals surface area contributed by atoms with Crippen LogP contribution in [-0.4, -0.2) is 132 Å². The number of urea groups is 1. The fourth-order valence-electron chi connectivity index (χ4n) is 13.2. The van der Waals surface area contributed by atoms with Crippen molar-refractivity contribution in [2.24, 2.45) is 16.5 Å². The van der Waals surface area contributed by atoms with Crippen molar-refractivity contribution in [3.05, 3.63) is 419 Å². The van der Waals surface area contributed by atoms with Crippen molar-refractivity contribution < 1.29 is 61.9 Å². The van der Waals surface area contributed by atoms with Crippen LogP contribution in [0.4, 0.5) is 4.79 Å². The Morgan fingerprint density at radius 3 is 1.24 bits per heavy atom. The van der Waals surface area contributed by atoms with Crippen molar-refractivity contribution in [1.29, 1.82) is 0 Å². The average molecular weight is 2140 g/mol. The summed E-state index contributed by atoms with van der Waals surface area (Å²) in [6.07, 6.45) is 0. The minimum atomic E-state index is -1.55. The molecular weight excluding hydrogens is 2050 g/mol. The molecule has 4 atom stereocenters. The number of guanidine groups is 1. The molecule has 3 aliphatic heterocycles. The number of ketones is 1. The van der Waals surface area contributed by atoms with Gasteiger partial charge in [-0.3, -0.25) is 43.9 Å². The van der Waals surface area contributed by atoms with Gasteiger partial charge in [-0.15, -0.1) is 0 Å². The molecule has 8 N–H and O–H groups in total. The summed E-state index contributed by atoms with van der Waals surface area (Å²) in [5.74, 6) is -1.53. The predicted molar refractivity (Wildman–Crippen MR) is 518 cm³/mol. The van der Waals surface area contributed by atoms with E-state index in [9.17, 15) is 38.7 Å². The zero-order valence-electron chi connectivity index (χ0n) is 68.7. The number of thiocarbonyl (C=S) groups is 1. The van der Waals surface area contributed by atoms with Crippen LogP contribution in [0, 0.1) is 47.6 Å². The third-order valence-corrected chi connectivity index (χ3v) is 22.7. The van der Waals surface area contributed by atoms with Gasteiger partial charge in [-0.2, -0.15) is 35.9 Å². The summed E-state index contributed by atoms with van der Waals surface area (Å²) in [5, 5.41) is 19.6. The Balaban J connectivity index is 0.000000309. The smallest absolute Gasteiger partial charge is 1.00 e. The number of aliphatic carboxylic acids is 1. The quantitative estimate of drug-likeness (QED) is 0.0157. The number of nitrogens with two attached hydrogens (primary N) is 2. The topological polar surface area (TPSA) is 259 Å². The zero-order valence-corrected chi connectivity index (χ0v) is 82.0. The van der Waals surface area contributed by atoms with Crippen molar-refractivity contribution in [2.75, 3.05) is 28.3 Å². The van der Waals surface area contributed by atoms with E-state index in [-0.39, 0.29) is 92.7 Å². The maximum absolute atomic E-state index is 13.0. The number of hydrogen-bond donors (Lipinski definition) is 6. The minimum absolute atomic E-state index is 0. The first kappa shape index (κ1) is 105. The number of hydroxylamine groups is 2. The number of hydrogen-bond acceptors (Lipinski definition) is 12. The molecule has 3 aliphatic rings. The van der Waals surface area contributed by atoms with Gasteiger partial charge >= 0.3 is 35.1 Å². The van der Waals surface area contributed by atoms with E-state index in [0.29, 0.717) is 32.9 Å². The third kappa shape index (κ3) is 25.7. The number of aliphatic imine (C=N–C) groups is 1. The van der Waals surface area contributed by atoms with Crippen LogP contribution in [0.1, 0.15) is 113 Å². The van der Waals surface area contributed by atoms with Gasteiger partial charge in [0.05, 0.1) is 7.11 Å². The number of carboxylic acids is 1. The molecule has 0 aromatic heterocycles. The number of rotatable bonds is 13.